The number of hydrogen-bond acceptors (Lipinski definition) is 4. The molecule has 17 heavy (non-hydrogen) atoms. The standard InChI is InChI=1S/C12H17ClN4/c1-16-4-2-9-3-5-17(11(9)7-16)12-10(13)6-14-8-15-12/h6,8-9,11H,2-5,7H2,1H3/t9-,11-/m1/s1. The molecular formula is C12H17ClN4. The first-order valence-corrected chi connectivity index (χ1v) is 6.54. The molecule has 5 heteroatoms. The Morgan fingerprint density at radius 3 is 3.00 bits per heavy atom. The van der Waals surface area contributed by atoms with Crippen LogP contribution >= 0.6 is 11.6 Å². The topological polar surface area (TPSA) is 32.3 Å². The molecule has 0 unspecified atom stereocenters. The third kappa shape index (κ3) is 2.00. The van der Waals surface area contributed by atoms with Crippen molar-refractivity contribution in [3.05, 3.63) is 17.5 Å². The van der Waals surface area contributed by atoms with Gasteiger partial charge in [0.15, 0.2) is 5.82 Å². The molecule has 1 aromatic rings. The second-order valence-electron chi connectivity index (χ2n) is 5.05. The maximum absolute atomic E-state index is 6.19. The fraction of sp³-hybridized carbons (Fsp3) is 0.667. The second kappa shape index (κ2) is 4.42. The summed E-state index contributed by atoms with van der Waals surface area (Å²) < 4.78 is 0. The number of fused-ring (bicyclic) bond motifs is 1. The summed E-state index contributed by atoms with van der Waals surface area (Å²) in [7, 11) is 2.19. The van der Waals surface area contributed by atoms with Crippen LogP contribution in [-0.4, -0.2) is 47.6 Å². The van der Waals surface area contributed by atoms with E-state index < -0.39 is 0 Å². The van der Waals surface area contributed by atoms with E-state index in [-0.39, 0.29) is 0 Å². The number of piperidine rings is 1. The van der Waals surface area contributed by atoms with Crippen LogP contribution in [0.5, 0.6) is 0 Å². The summed E-state index contributed by atoms with van der Waals surface area (Å²) in [6.07, 6.45) is 5.82. The van der Waals surface area contributed by atoms with Crippen molar-refractivity contribution in [1.29, 1.82) is 0 Å². The molecule has 2 atom stereocenters. The highest BCUT2D eigenvalue weighted by molar-refractivity contribution is 6.32. The number of rotatable bonds is 1. The number of nitrogens with zero attached hydrogens (tertiary/aromatic N) is 4. The Bertz CT molecular complexity index is 411. The third-order valence-electron chi connectivity index (χ3n) is 3.99. The fourth-order valence-electron chi connectivity index (χ4n) is 3.08. The molecule has 0 saturated carbocycles. The van der Waals surface area contributed by atoms with Gasteiger partial charge in [0.1, 0.15) is 11.3 Å². The first-order chi connectivity index (χ1) is 8.25. The highest BCUT2D eigenvalue weighted by Crippen LogP contribution is 2.36. The molecular weight excluding hydrogens is 236 g/mol. The van der Waals surface area contributed by atoms with Crippen LogP contribution in [0, 0.1) is 5.92 Å². The zero-order valence-electron chi connectivity index (χ0n) is 10.0. The van der Waals surface area contributed by atoms with Crippen molar-refractivity contribution >= 4 is 17.4 Å². The maximum atomic E-state index is 6.19. The smallest absolute Gasteiger partial charge is 0.151 e. The molecule has 4 nitrogen and oxygen atoms in total. The Morgan fingerprint density at radius 2 is 2.18 bits per heavy atom. The second-order valence-corrected chi connectivity index (χ2v) is 5.46. The van der Waals surface area contributed by atoms with Gasteiger partial charge in [-0.1, -0.05) is 11.6 Å². The van der Waals surface area contributed by atoms with Crippen molar-refractivity contribution in [3.8, 4) is 0 Å². The van der Waals surface area contributed by atoms with E-state index in [1.165, 1.54) is 19.4 Å². The lowest BCUT2D eigenvalue weighted by atomic mass is 9.92. The zero-order chi connectivity index (χ0) is 11.8. The molecule has 3 rings (SSSR count). The summed E-state index contributed by atoms with van der Waals surface area (Å²) in [5.41, 5.74) is 0. The van der Waals surface area contributed by atoms with E-state index in [9.17, 15) is 0 Å². The van der Waals surface area contributed by atoms with Gasteiger partial charge in [0.05, 0.1) is 6.20 Å². The van der Waals surface area contributed by atoms with E-state index in [1.807, 2.05) is 0 Å². The van der Waals surface area contributed by atoms with Crippen LogP contribution in [0.3, 0.4) is 0 Å². The number of aromatic nitrogens is 2. The van der Waals surface area contributed by atoms with E-state index in [1.54, 1.807) is 12.5 Å². The van der Waals surface area contributed by atoms with Crippen molar-refractivity contribution in [1.82, 2.24) is 14.9 Å². The van der Waals surface area contributed by atoms with Crippen molar-refractivity contribution in [2.24, 2.45) is 5.92 Å². The lowest BCUT2D eigenvalue weighted by Crippen LogP contribution is -2.47. The van der Waals surface area contributed by atoms with Crippen molar-refractivity contribution < 1.29 is 0 Å². The molecule has 92 valence electrons. The molecule has 2 saturated heterocycles. The molecule has 2 aliphatic heterocycles. The fourth-order valence-corrected chi connectivity index (χ4v) is 3.29. The van der Waals surface area contributed by atoms with Gasteiger partial charge < -0.3 is 9.80 Å². The molecule has 0 spiro atoms. The van der Waals surface area contributed by atoms with E-state index in [2.05, 4.69) is 26.8 Å². The van der Waals surface area contributed by atoms with Gasteiger partial charge in [0, 0.05) is 19.1 Å². The Hall–Kier alpha value is -0.870. The van der Waals surface area contributed by atoms with Gasteiger partial charge in [0.2, 0.25) is 0 Å². The average molecular weight is 253 g/mol. The third-order valence-corrected chi connectivity index (χ3v) is 4.25. The predicted molar refractivity (Wildman–Crippen MR) is 68.4 cm³/mol. The van der Waals surface area contributed by atoms with Crippen LogP contribution in [0.4, 0.5) is 5.82 Å². The molecule has 0 radical (unpaired) electrons. The number of likely N-dealkylation sites (tertiary alicyclic amines) is 1. The molecule has 2 fully saturated rings. The summed E-state index contributed by atoms with van der Waals surface area (Å²) in [5, 5.41) is 0.668. The van der Waals surface area contributed by atoms with Crippen LogP contribution in [0.15, 0.2) is 12.5 Å². The Labute approximate surface area is 107 Å². The molecule has 0 N–H and O–H groups in total. The van der Waals surface area contributed by atoms with Crippen molar-refractivity contribution in [3.63, 3.8) is 0 Å². The van der Waals surface area contributed by atoms with Gasteiger partial charge >= 0.3 is 0 Å². The quantitative estimate of drug-likeness (QED) is 0.761. The summed E-state index contributed by atoms with van der Waals surface area (Å²) in [6.45, 7) is 3.40. The lowest BCUT2D eigenvalue weighted by Gasteiger charge is -2.37. The van der Waals surface area contributed by atoms with E-state index in [4.69, 9.17) is 11.6 Å². The number of anilines is 1. The minimum Gasteiger partial charge on any atom is -0.351 e. The summed E-state index contributed by atoms with van der Waals surface area (Å²) in [4.78, 5) is 13.1. The Kier molecular flexibility index (Phi) is 2.92. The number of hydrogen-bond donors (Lipinski definition) is 0. The van der Waals surface area contributed by atoms with Crippen LogP contribution in [0.25, 0.3) is 0 Å². The molecule has 0 aromatic carbocycles. The molecule has 0 bridgehead atoms. The Morgan fingerprint density at radius 1 is 1.35 bits per heavy atom. The van der Waals surface area contributed by atoms with Crippen LogP contribution in [-0.2, 0) is 0 Å². The first-order valence-electron chi connectivity index (χ1n) is 6.16. The largest absolute Gasteiger partial charge is 0.351 e. The van der Waals surface area contributed by atoms with Gasteiger partial charge in [-0.3, -0.25) is 0 Å². The highest BCUT2D eigenvalue weighted by atomic mass is 35.5. The van der Waals surface area contributed by atoms with Gasteiger partial charge in [0.25, 0.3) is 0 Å². The monoisotopic (exact) mass is 252 g/mol. The van der Waals surface area contributed by atoms with Gasteiger partial charge in [-0.25, -0.2) is 9.97 Å². The maximum Gasteiger partial charge on any atom is 0.151 e. The molecule has 2 aliphatic rings. The highest BCUT2D eigenvalue weighted by Gasteiger charge is 2.38. The summed E-state index contributed by atoms with van der Waals surface area (Å²) >= 11 is 6.19. The van der Waals surface area contributed by atoms with Crippen molar-refractivity contribution in [2.75, 3.05) is 31.6 Å². The molecule has 1 aromatic heterocycles. The predicted octanol–water partition coefficient (Wildman–Crippen LogP) is 1.66. The first kappa shape index (κ1) is 11.2. The SMILES string of the molecule is CN1CC[C@@H]2CCN(c3ncncc3Cl)[C@@H]2C1. The summed E-state index contributed by atoms with van der Waals surface area (Å²) in [6, 6.07) is 0.571. The van der Waals surface area contributed by atoms with Gasteiger partial charge in [-0.15, -0.1) is 0 Å². The van der Waals surface area contributed by atoms with E-state index in [0.29, 0.717) is 11.1 Å². The van der Waals surface area contributed by atoms with Crippen LogP contribution in [0.1, 0.15) is 12.8 Å². The number of likely N-dealkylation sites (N-methyl/N-ethyl adjacent to an activating group) is 1. The Balaban J connectivity index is 1.87. The summed E-state index contributed by atoms with van der Waals surface area (Å²) in [5.74, 6) is 1.71. The minimum absolute atomic E-state index is 0.571. The molecule has 3 heterocycles. The van der Waals surface area contributed by atoms with E-state index >= 15 is 0 Å². The van der Waals surface area contributed by atoms with E-state index in [0.717, 1.165) is 24.8 Å². The minimum atomic E-state index is 0.571. The average Bonchev–Trinajstić information content (AvgIpc) is 2.72. The number of halogens is 1. The lowest BCUT2D eigenvalue weighted by molar-refractivity contribution is 0.208. The van der Waals surface area contributed by atoms with Crippen molar-refractivity contribution in [2.45, 2.75) is 18.9 Å². The van der Waals surface area contributed by atoms with Gasteiger partial charge in [-0.2, -0.15) is 0 Å². The van der Waals surface area contributed by atoms with Crippen LogP contribution in [0.2, 0.25) is 5.02 Å². The van der Waals surface area contributed by atoms with Crippen LogP contribution < -0.4 is 4.90 Å². The normalized spacial score (nSPS) is 29.4. The van der Waals surface area contributed by atoms with Gasteiger partial charge in [-0.05, 0) is 32.4 Å². The zero-order valence-corrected chi connectivity index (χ0v) is 10.8. The molecule has 0 amide bonds. The molecule has 0 aliphatic carbocycles.